The van der Waals surface area contributed by atoms with E-state index in [-0.39, 0.29) is 9.28 Å². The fourth-order valence-electron chi connectivity index (χ4n) is 3.03. The van der Waals surface area contributed by atoms with Gasteiger partial charge in [-0.25, -0.2) is 0 Å². The van der Waals surface area contributed by atoms with Crippen LogP contribution in [0.5, 0.6) is 0 Å². The highest BCUT2D eigenvalue weighted by molar-refractivity contribution is 7.19. The van der Waals surface area contributed by atoms with E-state index >= 15 is 0 Å². The minimum absolute atomic E-state index is 0.368. The maximum atomic E-state index is 6.64. The Kier molecular flexibility index (Phi) is 9.28. The molecule has 1 aliphatic rings. The fourth-order valence-corrected chi connectivity index (χ4v) is 12.2. The number of hydrogen-bond acceptors (Lipinski definition) is 2. The van der Waals surface area contributed by atoms with Crippen molar-refractivity contribution in [2.75, 3.05) is 6.61 Å². The zero-order valence-corrected chi connectivity index (χ0v) is 15.8. The normalized spacial score (nSPS) is 26.7. The molecule has 1 rings (SSSR count). The topological polar surface area (TPSA) is 18.5 Å². The van der Waals surface area contributed by atoms with Crippen molar-refractivity contribution >= 4 is 17.1 Å². The van der Waals surface area contributed by atoms with Gasteiger partial charge in [0.1, 0.15) is 0 Å². The van der Waals surface area contributed by atoms with Crippen molar-refractivity contribution in [2.24, 2.45) is 0 Å². The SMILES string of the molecule is CCCCCC[Si]1(OC(C)CCCC)CCCO[SiH2]1. The second kappa shape index (κ2) is 10.1. The highest BCUT2D eigenvalue weighted by atomic mass is 29.2. The minimum atomic E-state index is -1.43. The molecule has 2 atom stereocenters. The molecule has 0 spiro atoms. The highest BCUT2D eigenvalue weighted by Gasteiger charge is 2.38. The zero-order valence-electron chi connectivity index (χ0n) is 13.4. The molecule has 0 aromatic rings. The third-order valence-electron chi connectivity index (χ3n) is 4.19. The van der Waals surface area contributed by atoms with E-state index in [0.29, 0.717) is 6.10 Å². The number of unbranched alkanes of at least 4 members (excludes halogenated alkanes) is 4. The van der Waals surface area contributed by atoms with Crippen LogP contribution < -0.4 is 0 Å². The van der Waals surface area contributed by atoms with E-state index in [4.69, 9.17) is 8.85 Å². The van der Waals surface area contributed by atoms with Gasteiger partial charge in [-0.1, -0.05) is 52.4 Å². The van der Waals surface area contributed by atoms with Crippen LogP contribution in [0, 0.1) is 0 Å². The van der Waals surface area contributed by atoms with Crippen LogP contribution in [0.3, 0.4) is 0 Å². The summed E-state index contributed by atoms with van der Waals surface area (Å²) in [5, 5.41) is 0. The molecule has 0 N–H and O–H groups in total. The first-order chi connectivity index (χ1) is 9.22. The van der Waals surface area contributed by atoms with Crippen LogP contribution in [0.15, 0.2) is 0 Å². The summed E-state index contributed by atoms with van der Waals surface area (Å²) >= 11 is 0. The van der Waals surface area contributed by atoms with Crippen LogP contribution in [0.4, 0.5) is 0 Å². The molecule has 1 saturated heterocycles. The quantitative estimate of drug-likeness (QED) is 0.447. The van der Waals surface area contributed by atoms with E-state index in [1.54, 1.807) is 0 Å². The lowest BCUT2D eigenvalue weighted by Gasteiger charge is -2.37. The van der Waals surface area contributed by atoms with Gasteiger partial charge in [0, 0.05) is 12.7 Å². The average molecular weight is 303 g/mol. The number of rotatable bonds is 10. The van der Waals surface area contributed by atoms with Crippen LogP contribution in [-0.2, 0) is 8.85 Å². The van der Waals surface area contributed by atoms with E-state index < -0.39 is 7.83 Å². The van der Waals surface area contributed by atoms with E-state index in [1.807, 2.05) is 0 Å². The lowest BCUT2D eigenvalue weighted by atomic mass is 10.2. The molecule has 0 saturated carbocycles. The van der Waals surface area contributed by atoms with E-state index in [0.717, 1.165) is 6.61 Å². The maximum absolute atomic E-state index is 6.64. The molecule has 19 heavy (non-hydrogen) atoms. The van der Waals surface area contributed by atoms with Crippen LogP contribution in [0.25, 0.3) is 0 Å². The zero-order chi connectivity index (χ0) is 14.0. The number of hydrogen-bond donors (Lipinski definition) is 0. The first kappa shape index (κ1) is 17.4. The standard InChI is InChI=1S/C15H34O2Si2/c1-4-6-8-9-13-19(14-10-12-16-18-19)17-15(3)11-7-5-2/h15H,4-14,18H2,1-3H3. The molecule has 0 aromatic heterocycles. The molecule has 0 aliphatic carbocycles. The molecule has 0 bridgehead atoms. The summed E-state index contributed by atoms with van der Waals surface area (Å²) in [7, 11) is -1.80. The van der Waals surface area contributed by atoms with Crippen LogP contribution >= 0.6 is 0 Å². The Morgan fingerprint density at radius 1 is 1.16 bits per heavy atom. The average Bonchev–Trinajstić information content (AvgIpc) is 2.42. The summed E-state index contributed by atoms with van der Waals surface area (Å²) in [5.41, 5.74) is 0. The molecule has 0 amide bonds. The van der Waals surface area contributed by atoms with Crippen LogP contribution in [-0.4, -0.2) is 29.8 Å². The molecular formula is C15H34O2Si2. The van der Waals surface area contributed by atoms with Gasteiger partial charge in [0.2, 0.25) is 7.83 Å². The van der Waals surface area contributed by atoms with Gasteiger partial charge in [-0.15, -0.1) is 0 Å². The Hall–Kier alpha value is 0.354. The van der Waals surface area contributed by atoms with Crippen LogP contribution in [0.2, 0.25) is 12.1 Å². The predicted octanol–water partition coefficient (Wildman–Crippen LogP) is 4.11. The summed E-state index contributed by atoms with van der Waals surface area (Å²) in [6, 6.07) is 2.78. The van der Waals surface area contributed by atoms with E-state index in [9.17, 15) is 0 Å². The van der Waals surface area contributed by atoms with Gasteiger partial charge in [-0.05, 0) is 31.9 Å². The van der Waals surface area contributed by atoms with Gasteiger partial charge < -0.3 is 8.85 Å². The third-order valence-corrected chi connectivity index (χ3v) is 13.5. The second-order valence-corrected chi connectivity index (χ2v) is 15.3. The Bertz CT molecular complexity index is 218. The Morgan fingerprint density at radius 3 is 2.58 bits per heavy atom. The van der Waals surface area contributed by atoms with Gasteiger partial charge in [0.15, 0.2) is 9.28 Å². The predicted molar refractivity (Wildman–Crippen MR) is 88.7 cm³/mol. The van der Waals surface area contributed by atoms with Crippen molar-refractivity contribution in [1.29, 1.82) is 0 Å². The molecule has 0 radical (unpaired) electrons. The van der Waals surface area contributed by atoms with Crippen molar-refractivity contribution < 1.29 is 8.85 Å². The lowest BCUT2D eigenvalue weighted by Crippen LogP contribution is -2.51. The molecular weight excluding hydrogens is 268 g/mol. The first-order valence-corrected chi connectivity index (χ1v) is 13.7. The summed E-state index contributed by atoms with van der Waals surface area (Å²) in [6.07, 6.45) is 11.1. The van der Waals surface area contributed by atoms with Crippen molar-refractivity contribution in [3.8, 4) is 0 Å². The molecule has 2 nitrogen and oxygen atoms in total. The van der Waals surface area contributed by atoms with E-state index in [2.05, 4.69) is 20.8 Å². The van der Waals surface area contributed by atoms with Crippen LogP contribution in [0.1, 0.15) is 72.1 Å². The van der Waals surface area contributed by atoms with Crippen molar-refractivity contribution in [3.05, 3.63) is 0 Å². The van der Waals surface area contributed by atoms with Gasteiger partial charge in [0.25, 0.3) is 0 Å². The van der Waals surface area contributed by atoms with Gasteiger partial charge >= 0.3 is 0 Å². The Labute approximate surface area is 123 Å². The second-order valence-electron chi connectivity index (χ2n) is 6.22. The molecule has 1 aliphatic heterocycles. The largest absolute Gasteiger partial charge is 0.424 e. The first-order valence-electron chi connectivity index (χ1n) is 8.48. The summed E-state index contributed by atoms with van der Waals surface area (Å²) < 4.78 is 12.6. The lowest BCUT2D eigenvalue weighted by molar-refractivity contribution is 0.188. The maximum Gasteiger partial charge on any atom is 0.204 e. The van der Waals surface area contributed by atoms with Gasteiger partial charge in [-0.3, -0.25) is 0 Å². The molecule has 1 fully saturated rings. The fraction of sp³-hybridized carbons (Fsp3) is 1.00. The minimum Gasteiger partial charge on any atom is -0.424 e. The molecule has 2 unspecified atom stereocenters. The smallest absolute Gasteiger partial charge is 0.204 e. The van der Waals surface area contributed by atoms with Gasteiger partial charge in [0.05, 0.1) is 0 Å². The molecule has 0 aromatic carbocycles. The summed E-state index contributed by atoms with van der Waals surface area (Å²) in [5.74, 6) is 0. The van der Waals surface area contributed by atoms with Crippen molar-refractivity contribution in [2.45, 2.75) is 90.3 Å². The Balaban J connectivity index is 2.39. The summed E-state index contributed by atoms with van der Waals surface area (Å²) in [6.45, 7) is 7.86. The van der Waals surface area contributed by atoms with Crippen molar-refractivity contribution in [1.82, 2.24) is 0 Å². The molecule has 1 heterocycles. The molecule has 114 valence electrons. The molecule has 4 heteroatoms. The third kappa shape index (κ3) is 7.07. The van der Waals surface area contributed by atoms with E-state index in [1.165, 1.54) is 63.5 Å². The van der Waals surface area contributed by atoms with Gasteiger partial charge in [-0.2, -0.15) is 0 Å². The Morgan fingerprint density at radius 2 is 1.95 bits per heavy atom. The highest BCUT2D eigenvalue weighted by Crippen LogP contribution is 2.27. The summed E-state index contributed by atoms with van der Waals surface area (Å²) in [4.78, 5) is 0. The monoisotopic (exact) mass is 302 g/mol. The van der Waals surface area contributed by atoms with Crippen molar-refractivity contribution in [3.63, 3.8) is 0 Å².